The Hall–Kier alpha value is -2.98. The molecule has 0 spiro atoms. The lowest BCUT2D eigenvalue weighted by atomic mass is 10.2. The van der Waals surface area contributed by atoms with Gasteiger partial charge in [0.2, 0.25) is 0 Å². The zero-order chi connectivity index (χ0) is 19.6. The van der Waals surface area contributed by atoms with Crippen LogP contribution in [0.15, 0.2) is 58.7 Å². The van der Waals surface area contributed by atoms with Crippen LogP contribution in [0, 0.1) is 11.3 Å². The second kappa shape index (κ2) is 10.2. The van der Waals surface area contributed by atoms with E-state index >= 15 is 0 Å². The van der Waals surface area contributed by atoms with Crippen LogP contribution in [0.5, 0.6) is 11.5 Å². The molecule has 0 atom stereocenters. The molecule has 7 heteroatoms. The van der Waals surface area contributed by atoms with Crippen molar-refractivity contribution in [1.82, 2.24) is 0 Å². The summed E-state index contributed by atoms with van der Waals surface area (Å²) in [5.41, 5.74) is 1.22. The number of carbonyl (C=O) groups excluding carboxylic acids is 1. The molecular weight excluding hydrogens is 410 g/mol. The van der Waals surface area contributed by atoms with E-state index in [4.69, 9.17) is 9.47 Å². The van der Waals surface area contributed by atoms with Gasteiger partial charge in [0.25, 0.3) is 5.91 Å². The van der Waals surface area contributed by atoms with Gasteiger partial charge in [0.05, 0.1) is 13.2 Å². The number of nitrogens with zero attached hydrogens (tertiary/aromatic N) is 1. The SMILES string of the molecule is CCOc1ccc(N/C=C(/C#N)C(=O)Nc2ccc(Br)cc2)cc1OCC. The second-order valence-corrected chi connectivity index (χ2v) is 6.22. The maximum Gasteiger partial charge on any atom is 0.267 e. The molecule has 0 radical (unpaired) electrons. The van der Waals surface area contributed by atoms with Crippen molar-refractivity contribution in [1.29, 1.82) is 5.26 Å². The molecular formula is C20H20BrN3O3. The smallest absolute Gasteiger partial charge is 0.267 e. The fraction of sp³-hybridized carbons (Fsp3) is 0.200. The molecule has 27 heavy (non-hydrogen) atoms. The standard InChI is InChI=1S/C20H20BrN3O3/c1-3-26-18-10-9-17(11-19(18)27-4-2)23-13-14(12-22)20(25)24-16-7-5-15(21)6-8-16/h5-11,13,23H,3-4H2,1-2H3,(H,24,25)/b14-13-. The van der Waals surface area contributed by atoms with E-state index in [-0.39, 0.29) is 5.57 Å². The van der Waals surface area contributed by atoms with Crippen molar-refractivity contribution in [2.45, 2.75) is 13.8 Å². The molecule has 1 amide bonds. The van der Waals surface area contributed by atoms with E-state index in [2.05, 4.69) is 26.6 Å². The lowest BCUT2D eigenvalue weighted by Crippen LogP contribution is -2.14. The summed E-state index contributed by atoms with van der Waals surface area (Å²) in [5, 5.41) is 14.9. The van der Waals surface area contributed by atoms with E-state index in [0.717, 1.165) is 4.47 Å². The van der Waals surface area contributed by atoms with Gasteiger partial charge in [-0.25, -0.2) is 0 Å². The van der Waals surface area contributed by atoms with Gasteiger partial charge in [-0.05, 0) is 50.2 Å². The van der Waals surface area contributed by atoms with Crippen molar-refractivity contribution in [3.05, 3.63) is 58.7 Å². The minimum absolute atomic E-state index is 0.0511. The monoisotopic (exact) mass is 429 g/mol. The number of ether oxygens (including phenoxy) is 2. The summed E-state index contributed by atoms with van der Waals surface area (Å²) < 4.78 is 12.0. The molecule has 2 aromatic carbocycles. The van der Waals surface area contributed by atoms with Gasteiger partial charge in [0.1, 0.15) is 11.6 Å². The lowest BCUT2D eigenvalue weighted by Gasteiger charge is -2.12. The maximum atomic E-state index is 12.3. The topological polar surface area (TPSA) is 83.4 Å². The highest BCUT2D eigenvalue weighted by atomic mass is 79.9. The van der Waals surface area contributed by atoms with E-state index in [9.17, 15) is 10.1 Å². The Balaban J connectivity index is 2.11. The Labute approximate surface area is 166 Å². The van der Waals surface area contributed by atoms with E-state index in [1.807, 2.05) is 19.9 Å². The van der Waals surface area contributed by atoms with Gasteiger partial charge in [-0.2, -0.15) is 5.26 Å². The summed E-state index contributed by atoms with van der Waals surface area (Å²) in [6.07, 6.45) is 1.36. The van der Waals surface area contributed by atoms with Crippen molar-refractivity contribution in [3.8, 4) is 17.6 Å². The Morgan fingerprint density at radius 3 is 2.33 bits per heavy atom. The normalized spacial score (nSPS) is 10.7. The van der Waals surface area contributed by atoms with Gasteiger partial charge in [0, 0.05) is 28.1 Å². The maximum absolute atomic E-state index is 12.3. The number of rotatable bonds is 8. The molecule has 2 aromatic rings. The van der Waals surface area contributed by atoms with Gasteiger partial charge >= 0.3 is 0 Å². The molecule has 0 aliphatic heterocycles. The molecule has 2 N–H and O–H groups in total. The number of anilines is 2. The molecule has 0 bridgehead atoms. The predicted octanol–water partition coefficient (Wildman–Crippen LogP) is 4.70. The summed E-state index contributed by atoms with van der Waals surface area (Å²) in [6, 6.07) is 14.3. The summed E-state index contributed by atoms with van der Waals surface area (Å²) >= 11 is 3.33. The summed E-state index contributed by atoms with van der Waals surface area (Å²) in [5.74, 6) is 0.737. The van der Waals surface area contributed by atoms with E-state index in [1.54, 1.807) is 42.5 Å². The third kappa shape index (κ3) is 6.04. The average Bonchev–Trinajstić information content (AvgIpc) is 2.66. The Bertz CT molecular complexity index is 858. The minimum Gasteiger partial charge on any atom is -0.490 e. The van der Waals surface area contributed by atoms with Crippen molar-refractivity contribution in [2.75, 3.05) is 23.8 Å². The number of benzene rings is 2. The van der Waals surface area contributed by atoms with Gasteiger partial charge < -0.3 is 20.1 Å². The van der Waals surface area contributed by atoms with E-state index < -0.39 is 5.91 Å². The predicted molar refractivity (Wildman–Crippen MR) is 109 cm³/mol. The Morgan fingerprint density at radius 1 is 1.07 bits per heavy atom. The second-order valence-electron chi connectivity index (χ2n) is 5.30. The molecule has 0 saturated carbocycles. The third-order valence-corrected chi connectivity index (χ3v) is 3.92. The Morgan fingerprint density at radius 2 is 1.70 bits per heavy atom. The van der Waals surface area contributed by atoms with Gasteiger partial charge in [-0.15, -0.1) is 0 Å². The van der Waals surface area contributed by atoms with E-state index in [0.29, 0.717) is 36.1 Å². The highest BCUT2D eigenvalue weighted by Gasteiger charge is 2.10. The highest BCUT2D eigenvalue weighted by molar-refractivity contribution is 9.10. The molecule has 0 heterocycles. The van der Waals surface area contributed by atoms with Crippen LogP contribution in [-0.4, -0.2) is 19.1 Å². The third-order valence-electron chi connectivity index (χ3n) is 3.39. The molecule has 0 saturated heterocycles. The fourth-order valence-corrected chi connectivity index (χ4v) is 2.44. The zero-order valence-electron chi connectivity index (χ0n) is 15.1. The van der Waals surface area contributed by atoms with Crippen molar-refractivity contribution >= 4 is 33.2 Å². The minimum atomic E-state index is -0.497. The number of halogens is 1. The summed E-state index contributed by atoms with van der Waals surface area (Å²) in [7, 11) is 0. The number of amides is 1. The van der Waals surface area contributed by atoms with Gasteiger partial charge in [-0.1, -0.05) is 15.9 Å². The largest absolute Gasteiger partial charge is 0.490 e. The van der Waals surface area contributed by atoms with Crippen LogP contribution in [0.1, 0.15) is 13.8 Å². The van der Waals surface area contributed by atoms with Crippen LogP contribution in [0.25, 0.3) is 0 Å². The quantitative estimate of drug-likeness (QED) is 0.469. The van der Waals surface area contributed by atoms with Crippen molar-refractivity contribution < 1.29 is 14.3 Å². The first-order valence-electron chi connectivity index (χ1n) is 8.40. The average molecular weight is 430 g/mol. The van der Waals surface area contributed by atoms with Crippen LogP contribution in [0.2, 0.25) is 0 Å². The molecule has 0 unspecified atom stereocenters. The van der Waals surface area contributed by atoms with Gasteiger partial charge in [0.15, 0.2) is 11.5 Å². The highest BCUT2D eigenvalue weighted by Crippen LogP contribution is 2.30. The van der Waals surface area contributed by atoms with Crippen LogP contribution < -0.4 is 20.1 Å². The molecule has 0 fully saturated rings. The van der Waals surface area contributed by atoms with Crippen LogP contribution >= 0.6 is 15.9 Å². The summed E-state index contributed by atoms with van der Waals surface area (Å²) in [4.78, 5) is 12.3. The van der Waals surface area contributed by atoms with Crippen LogP contribution in [0.4, 0.5) is 11.4 Å². The van der Waals surface area contributed by atoms with E-state index in [1.165, 1.54) is 6.20 Å². The number of hydrogen-bond acceptors (Lipinski definition) is 5. The molecule has 6 nitrogen and oxygen atoms in total. The molecule has 2 rings (SSSR count). The first kappa shape index (κ1) is 20.3. The first-order chi connectivity index (χ1) is 13.1. The van der Waals surface area contributed by atoms with Crippen LogP contribution in [0.3, 0.4) is 0 Å². The van der Waals surface area contributed by atoms with Crippen molar-refractivity contribution in [2.24, 2.45) is 0 Å². The molecule has 0 aliphatic carbocycles. The molecule has 140 valence electrons. The van der Waals surface area contributed by atoms with Gasteiger partial charge in [-0.3, -0.25) is 4.79 Å². The number of carbonyl (C=O) groups is 1. The number of nitriles is 1. The lowest BCUT2D eigenvalue weighted by molar-refractivity contribution is -0.112. The number of hydrogen-bond donors (Lipinski definition) is 2. The zero-order valence-corrected chi connectivity index (χ0v) is 16.7. The molecule has 0 aliphatic rings. The van der Waals surface area contributed by atoms with Crippen molar-refractivity contribution in [3.63, 3.8) is 0 Å². The Kier molecular flexibility index (Phi) is 7.71. The number of nitrogens with one attached hydrogen (secondary N) is 2. The first-order valence-corrected chi connectivity index (χ1v) is 9.20. The molecule has 0 aromatic heterocycles. The van der Waals surface area contributed by atoms with Crippen LogP contribution in [-0.2, 0) is 4.79 Å². The summed E-state index contributed by atoms with van der Waals surface area (Å²) in [6.45, 7) is 4.81. The fourth-order valence-electron chi connectivity index (χ4n) is 2.18.